The van der Waals surface area contributed by atoms with E-state index in [9.17, 15) is 25.5 Å². The fourth-order valence-electron chi connectivity index (χ4n) is 3.40. The fourth-order valence-corrected chi connectivity index (χ4v) is 3.56. The van der Waals surface area contributed by atoms with Gasteiger partial charge in [0.2, 0.25) is 22.5 Å². The Morgan fingerprint density at radius 1 is 0.645 bits per heavy atom. The number of phenols is 5. The molecule has 0 aliphatic rings. The zero-order valence-electron chi connectivity index (χ0n) is 15.4. The van der Waals surface area contributed by atoms with Crippen molar-refractivity contribution in [2.24, 2.45) is 0 Å². The molecule has 2 aromatic heterocycles. The number of halogens is 1. The van der Waals surface area contributed by atoms with E-state index in [1.807, 2.05) is 30.3 Å². The van der Waals surface area contributed by atoms with Crippen molar-refractivity contribution in [3.8, 4) is 51.5 Å². The van der Waals surface area contributed by atoms with E-state index < -0.39 is 34.3 Å². The minimum Gasteiger partial charge on any atom is -0.504 e. The van der Waals surface area contributed by atoms with Crippen LogP contribution in [0, 0.1) is 0 Å². The number of aromatic nitrogens is 3. The van der Waals surface area contributed by atoms with Crippen molar-refractivity contribution < 1.29 is 29.9 Å². The lowest BCUT2D eigenvalue weighted by Gasteiger charge is -2.12. The Morgan fingerprint density at radius 2 is 1.26 bits per heavy atom. The standard InChI is InChI=1S/C21H12ClN3O6/c22-21-24-19(10-6-3-5-9-8-4-1-2-7-11(8)31-18(9)10)23-20(25-21)12-13(26)15(28)17(30)16(29)14(12)27/h1-7,26-30H. The van der Waals surface area contributed by atoms with Gasteiger partial charge in [0.1, 0.15) is 16.7 Å². The van der Waals surface area contributed by atoms with E-state index in [4.69, 9.17) is 16.0 Å². The van der Waals surface area contributed by atoms with Gasteiger partial charge in [0.25, 0.3) is 0 Å². The van der Waals surface area contributed by atoms with E-state index in [0.717, 1.165) is 10.8 Å². The first-order valence-electron chi connectivity index (χ1n) is 8.88. The minimum atomic E-state index is -1.09. The van der Waals surface area contributed by atoms with E-state index >= 15 is 0 Å². The number of fused-ring (bicyclic) bond motifs is 3. The van der Waals surface area contributed by atoms with Crippen molar-refractivity contribution in [1.29, 1.82) is 0 Å². The van der Waals surface area contributed by atoms with E-state index in [0.29, 0.717) is 16.7 Å². The van der Waals surface area contributed by atoms with Crippen LogP contribution in [-0.2, 0) is 0 Å². The lowest BCUT2D eigenvalue weighted by Crippen LogP contribution is -1.98. The molecule has 0 bridgehead atoms. The predicted octanol–water partition coefficient (Wildman–Crippen LogP) is 4.29. The molecule has 0 saturated heterocycles. The fraction of sp³-hybridized carbons (Fsp3) is 0. The Labute approximate surface area is 178 Å². The average molecular weight is 438 g/mol. The van der Waals surface area contributed by atoms with E-state index in [1.165, 1.54) is 0 Å². The van der Waals surface area contributed by atoms with Gasteiger partial charge in [-0.2, -0.15) is 9.97 Å². The van der Waals surface area contributed by atoms with Crippen LogP contribution in [0.5, 0.6) is 28.7 Å². The second kappa shape index (κ2) is 6.64. The van der Waals surface area contributed by atoms with Crippen LogP contribution >= 0.6 is 11.6 Å². The molecular formula is C21H12ClN3O6. The van der Waals surface area contributed by atoms with Gasteiger partial charge < -0.3 is 29.9 Å². The van der Waals surface area contributed by atoms with Crippen LogP contribution in [0.3, 0.4) is 0 Å². The number of rotatable bonds is 2. The number of nitrogens with zero attached hydrogens (tertiary/aromatic N) is 3. The molecule has 5 aromatic rings. The van der Waals surface area contributed by atoms with Gasteiger partial charge in [-0.1, -0.05) is 30.3 Å². The highest BCUT2D eigenvalue weighted by atomic mass is 35.5. The third kappa shape index (κ3) is 2.75. The molecule has 5 rings (SSSR count). The summed E-state index contributed by atoms with van der Waals surface area (Å²) in [5, 5.41) is 51.1. The molecule has 154 valence electrons. The highest BCUT2D eigenvalue weighted by molar-refractivity contribution is 6.28. The molecule has 10 heteroatoms. The van der Waals surface area contributed by atoms with Crippen LogP contribution < -0.4 is 0 Å². The molecule has 0 fully saturated rings. The monoisotopic (exact) mass is 437 g/mol. The second-order valence-corrected chi connectivity index (χ2v) is 6.99. The summed E-state index contributed by atoms with van der Waals surface area (Å²) in [6.07, 6.45) is 0. The van der Waals surface area contributed by atoms with Gasteiger partial charge in [0, 0.05) is 10.8 Å². The summed E-state index contributed by atoms with van der Waals surface area (Å²) >= 11 is 6.06. The Balaban J connectivity index is 1.79. The summed E-state index contributed by atoms with van der Waals surface area (Å²) in [4.78, 5) is 12.2. The average Bonchev–Trinajstić information content (AvgIpc) is 3.15. The third-order valence-corrected chi connectivity index (χ3v) is 5.02. The summed E-state index contributed by atoms with van der Waals surface area (Å²) < 4.78 is 5.97. The quantitative estimate of drug-likeness (QED) is 0.201. The summed E-state index contributed by atoms with van der Waals surface area (Å²) in [6.45, 7) is 0. The zero-order chi connectivity index (χ0) is 21.9. The molecule has 0 amide bonds. The van der Waals surface area contributed by atoms with Crippen molar-refractivity contribution in [3.05, 3.63) is 47.7 Å². The van der Waals surface area contributed by atoms with Gasteiger partial charge in [0.15, 0.2) is 23.1 Å². The summed E-state index contributed by atoms with van der Waals surface area (Å²) in [7, 11) is 0. The first-order valence-corrected chi connectivity index (χ1v) is 9.26. The Bertz CT molecular complexity index is 1490. The Hall–Kier alpha value is -4.24. The molecule has 0 unspecified atom stereocenters. The largest absolute Gasteiger partial charge is 0.504 e. The van der Waals surface area contributed by atoms with E-state index in [1.54, 1.807) is 12.1 Å². The maximum absolute atomic E-state index is 10.2. The normalized spacial score (nSPS) is 11.4. The van der Waals surface area contributed by atoms with Crippen LogP contribution in [0.15, 0.2) is 46.9 Å². The molecule has 2 heterocycles. The van der Waals surface area contributed by atoms with Crippen LogP contribution in [0.25, 0.3) is 44.7 Å². The highest BCUT2D eigenvalue weighted by Crippen LogP contribution is 2.54. The Morgan fingerprint density at radius 3 is 2.00 bits per heavy atom. The number of phenolic OH excluding ortho intramolecular Hbond substituents is 5. The molecule has 31 heavy (non-hydrogen) atoms. The zero-order valence-corrected chi connectivity index (χ0v) is 16.2. The number of hydrogen-bond acceptors (Lipinski definition) is 9. The van der Waals surface area contributed by atoms with Gasteiger partial charge in [0.05, 0.1) is 5.56 Å². The SMILES string of the molecule is Oc1c(O)c(O)c(-c2nc(Cl)nc(-c3cccc4c3oc3ccccc34)n2)c(O)c1O. The molecule has 0 atom stereocenters. The molecule has 3 aromatic carbocycles. The highest BCUT2D eigenvalue weighted by Gasteiger charge is 2.27. The molecule has 0 aliphatic carbocycles. The van der Waals surface area contributed by atoms with E-state index in [-0.39, 0.29) is 16.9 Å². The topological polar surface area (TPSA) is 153 Å². The molecule has 0 spiro atoms. The minimum absolute atomic E-state index is 0.0607. The molecule has 9 nitrogen and oxygen atoms in total. The Kier molecular flexibility index (Phi) is 4.02. The van der Waals surface area contributed by atoms with Crippen LogP contribution in [0.2, 0.25) is 5.28 Å². The van der Waals surface area contributed by atoms with Gasteiger partial charge in [-0.15, -0.1) is 0 Å². The third-order valence-electron chi connectivity index (χ3n) is 4.85. The second-order valence-electron chi connectivity index (χ2n) is 6.65. The number of furan rings is 1. The first kappa shape index (κ1) is 18.8. The van der Waals surface area contributed by atoms with Crippen molar-refractivity contribution in [2.75, 3.05) is 0 Å². The van der Waals surface area contributed by atoms with Crippen molar-refractivity contribution in [1.82, 2.24) is 15.0 Å². The van der Waals surface area contributed by atoms with Crippen molar-refractivity contribution in [3.63, 3.8) is 0 Å². The van der Waals surface area contributed by atoms with Gasteiger partial charge in [-0.05, 0) is 23.7 Å². The molecule has 5 N–H and O–H groups in total. The van der Waals surface area contributed by atoms with Gasteiger partial charge in [-0.25, -0.2) is 4.98 Å². The molecule has 0 radical (unpaired) electrons. The van der Waals surface area contributed by atoms with E-state index in [2.05, 4.69) is 15.0 Å². The van der Waals surface area contributed by atoms with Crippen molar-refractivity contribution in [2.45, 2.75) is 0 Å². The first-order chi connectivity index (χ1) is 14.9. The van der Waals surface area contributed by atoms with Crippen LogP contribution in [-0.4, -0.2) is 40.5 Å². The summed E-state index contributed by atoms with van der Waals surface area (Å²) in [5.74, 6) is -5.36. The molecular weight excluding hydrogens is 426 g/mol. The molecule has 0 saturated carbocycles. The van der Waals surface area contributed by atoms with Crippen LogP contribution in [0.4, 0.5) is 0 Å². The van der Waals surface area contributed by atoms with Crippen LogP contribution in [0.1, 0.15) is 0 Å². The number of hydrogen-bond donors (Lipinski definition) is 5. The molecule has 0 aliphatic heterocycles. The maximum atomic E-state index is 10.2. The lowest BCUT2D eigenvalue weighted by atomic mass is 10.1. The summed E-state index contributed by atoms with van der Waals surface area (Å²) in [6, 6.07) is 12.8. The number of para-hydroxylation sites is 2. The lowest BCUT2D eigenvalue weighted by molar-refractivity contribution is 0.329. The maximum Gasteiger partial charge on any atom is 0.226 e. The summed E-state index contributed by atoms with van der Waals surface area (Å²) in [5.41, 5.74) is 1.08. The van der Waals surface area contributed by atoms with Gasteiger partial charge >= 0.3 is 0 Å². The van der Waals surface area contributed by atoms with Crippen molar-refractivity contribution >= 4 is 33.5 Å². The predicted molar refractivity (Wildman–Crippen MR) is 111 cm³/mol. The number of benzene rings is 3. The number of aromatic hydroxyl groups is 5. The van der Waals surface area contributed by atoms with Gasteiger partial charge in [-0.3, -0.25) is 0 Å². The smallest absolute Gasteiger partial charge is 0.226 e.